The van der Waals surface area contributed by atoms with Crippen molar-refractivity contribution >= 4 is 11.7 Å². The van der Waals surface area contributed by atoms with Crippen LogP contribution in [0.5, 0.6) is 0 Å². The van der Waals surface area contributed by atoms with Crippen LogP contribution in [0.4, 0.5) is 19.0 Å². The number of aromatic nitrogens is 1. The molecule has 0 saturated carbocycles. The van der Waals surface area contributed by atoms with E-state index in [4.69, 9.17) is 0 Å². The Morgan fingerprint density at radius 1 is 1.15 bits per heavy atom. The number of hydrogen-bond donors (Lipinski definition) is 0. The van der Waals surface area contributed by atoms with Crippen LogP contribution in [0.25, 0.3) is 0 Å². The van der Waals surface area contributed by atoms with Gasteiger partial charge in [0.15, 0.2) is 0 Å². The number of rotatable bonds is 3. The van der Waals surface area contributed by atoms with E-state index in [1.807, 2.05) is 18.7 Å². The number of alkyl halides is 3. The van der Waals surface area contributed by atoms with Crippen molar-refractivity contribution in [3.05, 3.63) is 23.9 Å². The first-order chi connectivity index (χ1) is 12.8. The molecule has 0 N–H and O–H groups in total. The third-order valence-electron chi connectivity index (χ3n) is 6.18. The molecule has 1 aromatic heterocycles. The minimum atomic E-state index is -4.40. The first-order valence-corrected chi connectivity index (χ1v) is 9.57. The Hall–Kier alpha value is -1.83. The molecule has 3 atom stereocenters. The Labute approximate surface area is 157 Å². The predicted octanol–water partition coefficient (Wildman–Crippen LogP) is 2.48. The standard InChI is InChI=1S/C19H25F3N4O/c1-12(2)26-7-5-16(18(26)27)24-8-13-10-25(11-14(13)9-24)17-15(19(20,21)22)4-3-6-23-17/h3-4,6,12-14,16H,5,7-11H2,1-2H3. The summed E-state index contributed by atoms with van der Waals surface area (Å²) in [6.07, 6.45) is -2.13. The van der Waals surface area contributed by atoms with E-state index in [9.17, 15) is 18.0 Å². The normalized spacial score (nSPS) is 29.3. The first kappa shape index (κ1) is 18.5. The van der Waals surface area contributed by atoms with Gasteiger partial charge in [-0.25, -0.2) is 4.98 Å². The van der Waals surface area contributed by atoms with Crippen LogP contribution >= 0.6 is 0 Å². The van der Waals surface area contributed by atoms with Gasteiger partial charge in [-0.2, -0.15) is 13.2 Å². The van der Waals surface area contributed by atoms with Crippen molar-refractivity contribution in [1.82, 2.24) is 14.8 Å². The number of anilines is 1. The minimum Gasteiger partial charge on any atom is -0.355 e. The SMILES string of the molecule is CC(C)N1CCC(N2CC3CN(c4ncccc4C(F)(F)F)CC3C2)C1=O. The van der Waals surface area contributed by atoms with Gasteiger partial charge in [-0.1, -0.05) is 0 Å². The Morgan fingerprint density at radius 2 is 1.81 bits per heavy atom. The molecule has 148 valence electrons. The highest BCUT2D eigenvalue weighted by Gasteiger charge is 2.47. The molecule has 3 saturated heterocycles. The molecule has 3 unspecified atom stereocenters. The van der Waals surface area contributed by atoms with E-state index in [0.717, 1.165) is 32.1 Å². The van der Waals surface area contributed by atoms with Crippen LogP contribution in [0.15, 0.2) is 18.3 Å². The van der Waals surface area contributed by atoms with Gasteiger partial charge in [0.05, 0.1) is 11.6 Å². The molecule has 0 aliphatic carbocycles. The van der Waals surface area contributed by atoms with E-state index in [0.29, 0.717) is 13.1 Å². The maximum atomic E-state index is 13.3. The predicted molar refractivity (Wildman–Crippen MR) is 95.3 cm³/mol. The van der Waals surface area contributed by atoms with Gasteiger partial charge >= 0.3 is 6.18 Å². The van der Waals surface area contributed by atoms with Crippen LogP contribution in [-0.2, 0) is 11.0 Å². The highest BCUT2D eigenvalue weighted by molar-refractivity contribution is 5.84. The van der Waals surface area contributed by atoms with Gasteiger partial charge in [-0.3, -0.25) is 9.69 Å². The van der Waals surface area contributed by atoms with Gasteiger partial charge in [0.2, 0.25) is 5.91 Å². The van der Waals surface area contributed by atoms with Crippen molar-refractivity contribution in [2.45, 2.75) is 38.5 Å². The maximum absolute atomic E-state index is 13.3. The zero-order chi connectivity index (χ0) is 19.3. The van der Waals surface area contributed by atoms with E-state index < -0.39 is 11.7 Å². The quantitative estimate of drug-likeness (QED) is 0.805. The van der Waals surface area contributed by atoms with Crippen molar-refractivity contribution in [2.75, 3.05) is 37.6 Å². The van der Waals surface area contributed by atoms with Gasteiger partial charge < -0.3 is 9.80 Å². The van der Waals surface area contributed by atoms with Crippen LogP contribution < -0.4 is 4.90 Å². The Kier molecular flexibility index (Phi) is 4.56. The zero-order valence-electron chi connectivity index (χ0n) is 15.6. The second-order valence-electron chi connectivity index (χ2n) is 8.18. The molecule has 0 radical (unpaired) electrons. The third kappa shape index (κ3) is 3.28. The lowest BCUT2D eigenvalue weighted by Gasteiger charge is -2.28. The molecule has 0 spiro atoms. The van der Waals surface area contributed by atoms with Gasteiger partial charge in [0.1, 0.15) is 5.82 Å². The van der Waals surface area contributed by atoms with Crippen LogP contribution in [-0.4, -0.2) is 65.5 Å². The Balaban J connectivity index is 1.43. The molecule has 0 bridgehead atoms. The lowest BCUT2D eigenvalue weighted by atomic mass is 10.0. The smallest absolute Gasteiger partial charge is 0.355 e. The molecule has 1 aromatic rings. The fourth-order valence-electron chi connectivity index (χ4n) is 4.86. The lowest BCUT2D eigenvalue weighted by Crippen LogP contribution is -2.43. The minimum absolute atomic E-state index is 0.0360. The second kappa shape index (κ2) is 6.65. The molecular weight excluding hydrogens is 357 g/mol. The van der Waals surface area contributed by atoms with Gasteiger partial charge in [-0.15, -0.1) is 0 Å². The molecule has 3 aliphatic heterocycles. The van der Waals surface area contributed by atoms with Crippen LogP contribution in [0.1, 0.15) is 25.8 Å². The van der Waals surface area contributed by atoms with Crippen molar-refractivity contribution in [1.29, 1.82) is 0 Å². The molecule has 3 fully saturated rings. The third-order valence-corrected chi connectivity index (χ3v) is 6.18. The van der Waals surface area contributed by atoms with Crippen LogP contribution in [0.2, 0.25) is 0 Å². The summed E-state index contributed by atoms with van der Waals surface area (Å²) in [6.45, 7) is 7.54. The van der Waals surface area contributed by atoms with Crippen LogP contribution in [0, 0.1) is 11.8 Å². The number of carbonyl (C=O) groups excluding carboxylic acids is 1. The molecular formula is C19H25F3N4O. The summed E-state index contributed by atoms with van der Waals surface area (Å²) < 4.78 is 39.9. The van der Waals surface area contributed by atoms with Gasteiger partial charge in [0, 0.05) is 45.0 Å². The molecule has 4 rings (SSSR count). The number of hydrogen-bond acceptors (Lipinski definition) is 4. The largest absolute Gasteiger partial charge is 0.419 e. The average Bonchev–Trinajstić information content (AvgIpc) is 3.26. The number of carbonyl (C=O) groups is 1. The summed E-state index contributed by atoms with van der Waals surface area (Å²) in [5.41, 5.74) is -0.666. The van der Waals surface area contributed by atoms with E-state index in [-0.39, 0.29) is 35.6 Å². The topological polar surface area (TPSA) is 39.7 Å². The van der Waals surface area contributed by atoms with E-state index >= 15 is 0 Å². The number of likely N-dealkylation sites (tertiary alicyclic amines) is 2. The summed E-state index contributed by atoms with van der Waals surface area (Å²) in [5.74, 6) is 0.808. The number of halogens is 3. The van der Waals surface area contributed by atoms with Gasteiger partial charge in [-0.05, 0) is 44.2 Å². The lowest BCUT2D eigenvalue weighted by molar-refractivity contribution is -0.137. The van der Waals surface area contributed by atoms with Crippen molar-refractivity contribution < 1.29 is 18.0 Å². The fraction of sp³-hybridized carbons (Fsp3) is 0.684. The first-order valence-electron chi connectivity index (χ1n) is 9.57. The van der Waals surface area contributed by atoms with Gasteiger partial charge in [0.25, 0.3) is 0 Å². The van der Waals surface area contributed by atoms with Crippen molar-refractivity contribution in [2.24, 2.45) is 11.8 Å². The molecule has 0 aromatic carbocycles. The second-order valence-corrected chi connectivity index (χ2v) is 8.18. The summed E-state index contributed by atoms with van der Waals surface area (Å²) in [6, 6.07) is 2.58. The molecule has 8 heteroatoms. The molecule has 1 amide bonds. The highest BCUT2D eigenvalue weighted by atomic mass is 19.4. The van der Waals surface area contributed by atoms with Crippen LogP contribution in [0.3, 0.4) is 0 Å². The zero-order valence-corrected chi connectivity index (χ0v) is 15.6. The Bertz CT molecular complexity index is 709. The monoisotopic (exact) mass is 382 g/mol. The summed E-state index contributed by atoms with van der Waals surface area (Å²) in [5, 5.41) is 0. The summed E-state index contributed by atoms with van der Waals surface area (Å²) in [4.78, 5) is 22.6. The highest BCUT2D eigenvalue weighted by Crippen LogP contribution is 2.40. The Morgan fingerprint density at radius 3 is 2.37 bits per heavy atom. The fourth-order valence-corrected chi connectivity index (χ4v) is 4.86. The van der Waals surface area contributed by atoms with Crippen molar-refractivity contribution in [3.8, 4) is 0 Å². The average molecular weight is 382 g/mol. The summed E-state index contributed by atoms with van der Waals surface area (Å²) in [7, 11) is 0. The number of nitrogens with zero attached hydrogens (tertiary/aromatic N) is 4. The molecule has 4 heterocycles. The molecule has 27 heavy (non-hydrogen) atoms. The molecule has 3 aliphatic rings. The number of pyridine rings is 1. The van der Waals surface area contributed by atoms with E-state index in [2.05, 4.69) is 9.88 Å². The van der Waals surface area contributed by atoms with E-state index in [1.54, 1.807) is 4.90 Å². The van der Waals surface area contributed by atoms with Crippen molar-refractivity contribution in [3.63, 3.8) is 0 Å². The number of amides is 1. The summed E-state index contributed by atoms with van der Waals surface area (Å²) >= 11 is 0. The number of fused-ring (bicyclic) bond motifs is 1. The maximum Gasteiger partial charge on any atom is 0.419 e. The van der Waals surface area contributed by atoms with E-state index in [1.165, 1.54) is 12.3 Å². The molecule has 5 nitrogen and oxygen atoms in total.